The van der Waals surface area contributed by atoms with Crippen LogP contribution in [0.1, 0.15) is 38.1 Å². The summed E-state index contributed by atoms with van der Waals surface area (Å²) in [6.45, 7) is 8.75. The Balaban J connectivity index is 2.82. The Morgan fingerprint density at radius 3 is 2.29 bits per heavy atom. The van der Waals surface area contributed by atoms with E-state index < -0.39 is 22.3 Å². The van der Waals surface area contributed by atoms with Crippen molar-refractivity contribution in [1.29, 1.82) is 0 Å². The number of hydrogen-bond acceptors (Lipinski definition) is 3. The molecule has 0 aliphatic carbocycles. The van der Waals surface area contributed by atoms with Crippen LogP contribution in [0.25, 0.3) is 0 Å². The molecule has 1 aromatic carbocycles. The van der Waals surface area contributed by atoms with Crippen molar-refractivity contribution in [2.45, 2.75) is 27.7 Å². The normalized spacial score (nSPS) is 11.2. The summed E-state index contributed by atoms with van der Waals surface area (Å²) in [7, 11) is 0. The predicted molar refractivity (Wildman–Crippen MR) is 78.6 cm³/mol. The summed E-state index contributed by atoms with van der Waals surface area (Å²) in [5.41, 5.74) is -0.461. The van der Waals surface area contributed by atoms with Crippen LogP contribution in [0.15, 0.2) is 18.2 Å². The van der Waals surface area contributed by atoms with Gasteiger partial charge in [0.15, 0.2) is 0 Å². The molecule has 1 N–H and O–H groups in total. The highest BCUT2D eigenvalue weighted by Gasteiger charge is 2.20. The molecule has 0 saturated heterocycles. The molecular weight excluding hydrogens is 275 g/mol. The lowest BCUT2D eigenvalue weighted by Crippen LogP contribution is -2.34. The van der Waals surface area contributed by atoms with Crippen LogP contribution in [-0.4, -0.2) is 17.4 Å². The van der Waals surface area contributed by atoms with E-state index in [1.54, 1.807) is 0 Å². The molecule has 0 spiro atoms. The van der Waals surface area contributed by atoms with Crippen LogP contribution in [0.4, 0.5) is 10.1 Å². The monoisotopic (exact) mass is 296 g/mol. The van der Waals surface area contributed by atoms with Gasteiger partial charge >= 0.3 is 0 Å². The van der Waals surface area contributed by atoms with E-state index >= 15 is 0 Å². The maximum absolute atomic E-state index is 13.3. The Hall–Kier alpha value is -1.98. The van der Waals surface area contributed by atoms with Gasteiger partial charge in [-0.2, -0.15) is 0 Å². The van der Waals surface area contributed by atoms with Crippen molar-refractivity contribution in [1.82, 2.24) is 5.32 Å². The number of nitro benzene ring substituents is 1. The summed E-state index contributed by atoms with van der Waals surface area (Å²) in [4.78, 5) is 22.0. The van der Waals surface area contributed by atoms with Gasteiger partial charge in [0.1, 0.15) is 5.82 Å². The van der Waals surface area contributed by atoms with E-state index in [2.05, 4.69) is 33.0 Å². The number of carbonyl (C=O) groups excluding carboxylic acids is 1. The lowest BCUT2D eigenvalue weighted by molar-refractivity contribution is -0.385. The van der Waals surface area contributed by atoms with Gasteiger partial charge in [0, 0.05) is 18.2 Å². The molecule has 0 aliphatic rings. The van der Waals surface area contributed by atoms with Crippen LogP contribution in [0.2, 0.25) is 0 Å². The first-order valence-electron chi connectivity index (χ1n) is 6.95. The zero-order valence-corrected chi connectivity index (χ0v) is 12.7. The summed E-state index contributed by atoms with van der Waals surface area (Å²) in [5, 5.41) is 13.4. The minimum Gasteiger partial charge on any atom is -0.352 e. The fourth-order valence-electron chi connectivity index (χ4n) is 2.36. The van der Waals surface area contributed by atoms with E-state index in [1.165, 1.54) is 0 Å². The van der Waals surface area contributed by atoms with Gasteiger partial charge in [-0.05, 0) is 23.8 Å². The maximum Gasteiger partial charge on any atom is 0.273 e. The molecule has 5 nitrogen and oxygen atoms in total. The molecular formula is C15H21FN2O3. The Kier molecular flexibility index (Phi) is 5.81. The number of hydrogen-bond donors (Lipinski definition) is 1. The smallest absolute Gasteiger partial charge is 0.273 e. The van der Waals surface area contributed by atoms with Crippen molar-refractivity contribution in [3.63, 3.8) is 0 Å². The van der Waals surface area contributed by atoms with Crippen molar-refractivity contribution in [2.75, 3.05) is 6.54 Å². The van der Waals surface area contributed by atoms with Crippen molar-refractivity contribution in [2.24, 2.45) is 17.8 Å². The molecule has 1 aromatic rings. The van der Waals surface area contributed by atoms with Gasteiger partial charge in [-0.1, -0.05) is 27.7 Å². The molecule has 1 amide bonds. The number of amides is 1. The third kappa shape index (κ3) is 4.81. The lowest BCUT2D eigenvalue weighted by atomic mass is 9.85. The van der Waals surface area contributed by atoms with Crippen LogP contribution in [-0.2, 0) is 0 Å². The maximum atomic E-state index is 13.3. The number of carbonyl (C=O) groups is 1. The largest absolute Gasteiger partial charge is 0.352 e. The number of nitrogens with zero attached hydrogens (tertiary/aromatic N) is 1. The molecule has 21 heavy (non-hydrogen) atoms. The molecule has 0 aliphatic heterocycles. The predicted octanol–water partition coefficient (Wildman–Crippen LogP) is 3.39. The number of benzene rings is 1. The van der Waals surface area contributed by atoms with Crippen molar-refractivity contribution >= 4 is 11.6 Å². The van der Waals surface area contributed by atoms with Crippen molar-refractivity contribution < 1.29 is 14.1 Å². The zero-order valence-electron chi connectivity index (χ0n) is 12.7. The Bertz CT molecular complexity index is 522. The first-order valence-corrected chi connectivity index (χ1v) is 6.95. The third-order valence-electron chi connectivity index (χ3n) is 3.57. The second-order valence-corrected chi connectivity index (χ2v) is 5.82. The van der Waals surface area contributed by atoms with Crippen molar-refractivity contribution in [3.8, 4) is 0 Å². The van der Waals surface area contributed by atoms with E-state index in [4.69, 9.17) is 0 Å². The summed E-state index contributed by atoms with van der Waals surface area (Å²) in [5.74, 6) is -0.209. The molecule has 0 radical (unpaired) electrons. The number of nitrogens with one attached hydrogen (secondary N) is 1. The lowest BCUT2D eigenvalue weighted by Gasteiger charge is -2.25. The van der Waals surface area contributed by atoms with Crippen molar-refractivity contribution in [3.05, 3.63) is 39.7 Å². The highest BCUT2D eigenvalue weighted by Crippen LogP contribution is 2.20. The highest BCUT2D eigenvalue weighted by molar-refractivity contribution is 5.94. The summed E-state index contributed by atoms with van der Waals surface area (Å²) in [6.07, 6.45) is 0. The first-order chi connectivity index (χ1) is 9.72. The number of halogens is 1. The number of rotatable bonds is 6. The van der Waals surface area contributed by atoms with E-state index in [-0.39, 0.29) is 11.5 Å². The fraction of sp³-hybridized carbons (Fsp3) is 0.533. The van der Waals surface area contributed by atoms with Crippen LogP contribution in [0, 0.1) is 33.7 Å². The standard InChI is InChI=1S/C15H21FN2O3/c1-9(2)14(10(3)4)8-17-15(19)11-5-12(16)7-13(6-11)18(20)21/h5-7,9-10,14H,8H2,1-4H3,(H,17,19). The van der Waals surface area contributed by atoms with Crippen LogP contribution in [0.5, 0.6) is 0 Å². The summed E-state index contributed by atoms with van der Waals surface area (Å²) in [6, 6.07) is 2.88. The van der Waals surface area contributed by atoms with Gasteiger partial charge in [-0.25, -0.2) is 4.39 Å². The average molecular weight is 296 g/mol. The quantitative estimate of drug-likeness (QED) is 0.646. The molecule has 0 bridgehead atoms. The summed E-state index contributed by atoms with van der Waals surface area (Å²) >= 11 is 0. The molecule has 0 aromatic heterocycles. The molecule has 0 unspecified atom stereocenters. The minimum absolute atomic E-state index is 0.0343. The zero-order chi connectivity index (χ0) is 16.2. The molecule has 6 heteroatoms. The van der Waals surface area contributed by atoms with E-state index in [0.717, 1.165) is 18.2 Å². The Morgan fingerprint density at radius 1 is 1.24 bits per heavy atom. The fourth-order valence-corrected chi connectivity index (χ4v) is 2.36. The Morgan fingerprint density at radius 2 is 1.81 bits per heavy atom. The molecule has 0 atom stereocenters. The highest BCUT2D eigenvalue weighted by atomic mass is 19.1. The minimum atomic E-state index is -0.793. The van der Waals surface area contributed by atoms with E-state index in [1.807, 2.05) is 0 Å². The number of nitro groups is 1. The van der Waals surface area contributed by atoms with Crippen LogP contribution >= 0.6 is 0 Å². The van der Waals surface area contributed by atoms with E-state index in [9.17, 15) is 19.3 Å². The van der Waals surface area contributed by atoms with Crippen LogP contribution < -0.4 is 5.32 Å². The molecule has 0 heterocycles. The van der Waals surface area contributed by atoms with Gasteiger partial charge in [0.25, 0.3) is 11.6 Å². The number of non-ortho nitro benzene ring substituents is 1. The topological polar surface area (TPSA) is 72.2 Å². The second kappa shape index (κ2) is 7.15. The molecule has 0 saturated carbocycles. The summed E-state index contributed by atoms with van der Waals surface area (Å²) < 4.78 is 13.3. The van der Waals surface area contributed by atoms with Gasteiger partial charge < -0.3 is 5.32 Å². The first kappa shape index (κ1) is 17.1. The van der Waals surface area contributed by atoms with Gasteiger partial charge in [0.05, 0.1) is 11.0 Å². The molecule has 1 rings (SSSR count). The van der Waals surface area contributed by atoms with Crippen LogP contribution in [0.3, 0.4) is 0 Å². The Labute approximate surface area is 123 Å². The van der Waals surface area contributed by atoms with Gasteiger partial charge in [0.2, 0.25) is 0 Å². The molecule has 116 valence electrons. The SMILES string of the molecule is CC(C)C(CNC(=O)c1cc(F)cc([N+](=O)[O-])c1)C(C)C. The second-order valence-electron chi connectivity index (χ2n) is 5.82. The molecule has 0 fully saturated rings. The van der Waals surface area contributed by atoms with E-state index in [0.29, 0.717) is 18.4 Å². The average Bonchev–Trinajstić information content (AvgIpc) is 2.36. The van der Waals surface area contributed by atoms with Gasteiger partial charge in [-0.15, -0.1) is 0 Å². The third-order valence-corrected chi connectivity index (χ3v) is 3.57. The van der Waals surface area contributed by atoms with Gasteiger partial charge in [-0.3, -0.25) is 14.9 Å².